The first kappa shape index (κ1) is 17.8. The molecule has 1 N–H and O–H groups in total. The number of fused-ring (bicyclic) bond motifs is 1. The molecule has 1 aromatic heterocycles. The Balaban J connectivity index is 1.92. The lowest BCUT2D eigenvalue weighted by Crippen LogP contribution is -2.32. The Hall–Kier alpha value is -3.04. The highest BCUT2D eigenvalue weighted by Gasteiger charge is 2.32. The van der Waals surface area contributed by atoms with Crippen molar-refractivity contribution in [2.75, 3.05) is 18.6 Å². The first-order chi connectivity index (χ1) is 12.3. The molecule has 1 aromatic carbocycles. The summed E-state index contributed by atoms with van der Waals surface area (Å²) in [5, 5.41) is 9.21. The van der Waals surface area contributed by atoms with Crippen LogP contribution in [-0.4, -0.2) is 41.1 Å². The number of carboxylic acids is 1. The van der Waals surface area contributed by atoms with Crippen LogP contribution in [0.4, 0.5) is 19.0 Å². The smallest absolute Gasteiger partial charge is 0.491 e. The first-order valence-corrected chi connectivity index (χ1v) is 7.53. The Kier molecular flexibility index (Phi) is 4.58. The molecule has 10 heteroatoms. The quantitative estimate of drug-likeness (QED) is 0.887. The van der Waals surface area contributed by atoms with Gasteiger partial charge in [-0.2, -0.15) is 0 Å². The molecule has 3 rings (SSSR count). The molecular formula is C16H14F3N3O4. The summed E-state index contributed by atoms with van der Waals surface area (Å²) in [7, 11) is 1.31. The van der Waals surface area contributed by atoms with Crippen LogP contribution < -0.4 is 14.4 Å². The average molecular weight is 369 g/mol. The molecule has 1 aliphatic heterocycles. The zero-order valence-corrected chi connectivity index (χ0v) is 13.6. The summed E-state index contributed by atoms with van der Waals surface area (Å²) in [5.74, 6) is -1.29. The molecule has 0 fully saturated rings. The molecule has 26 heavy (non-hydrogen) atoms. The SMILES string of the molecule is COc1c(C(=O)O)ncnc1N1CCc2ccc(OC(F)(F)F)cc2C1. The van der Waals surface area contributed by atoms with E-state index in [1.165, 1.54) is 19.2 Å². The molecule has 0 atom stereocenters. The van der Waals surface area contributed by atoms with Crippen molar-refractivity contribution in [1.82, 2.24) is 9.97 Å². The highest BCUT2D eigenvalue weighted by molar-refractivity contribution is 5.90. The Morgan fingerprint density at radius 2 is 2.04 bits per heavy atom. The van der Waals surface area contributed by atoms with Gasteiger partial charge >= 0.3 is 12.3 Å². The number of anilines is 1. The molecular weight excluding hydrogens is 355 g/mol. The number of rotatable bonds is 4. The number of aromatic nitrogens is 2. The Labute approximate surface area is 146 Å². The van der Waals surface area contributed by atoms with E-state index in [1.807, 2.05) is 0 Å². The highest BCUT2D eigenvalue weighted by atomic mass is 19.4. The van der Waals surface area contributed by atoms with Gasteiger partial charge in [0, 0.05) is 13.1 Å². The minimum atomic E-state index is -4.77. The Bertz CT molecular complexity index is 842. The maximum absolute atomic E-state index is 12.4. The van der Waals surface area contributed by atoms with E-state index in [9.17, 15) is 23.1 Å². The van der Waals surface area contributed by atoms with Crippen molar-refractivity contribution < 1.29 is 32.5 Å². The second-order valence-electron chi connectivity index (χ2n) is 5.53. The van der Waals surface area contributed by atoms with E-state index >= 15 is 0 Å². The van der Waals surface area contributed by atoms with Gasteiger partial charge in [0.15, 0.2) is 17.3 Å². The maximum Gasteiger partial charge on any atom is 0.573 e. The van der Waals surface area contributed by atoms with Gasteiger partial charge < -0.3 is 19.5 Å². The summed E-state index contributed by atoms with van der Waals surface area (Å²) in [6.45, 7) is 0.732. The van der Waals surface area contributed by atoms with Gasteiger partial charge in [-0.25, -0.2) is 14.8 Å². The van der Waals surface area contributed by atoms with Crippen LogP contribution >= 0.6 is 0 Å². The molecule has 0 unspecified atom stereocenters. The van der Waals surface area contributed by atoms with E-state index in [4.69, 9.17) is 4.74 Å². The molecule has 7 nitrogen and oxygen atoms in total. The van der Waals surface area contributed by atoms with E-state index < -0.39 is 12.3 Å². The van der Waals surface area contributed by atoms with E-state index in [0.29, 0.717) is 18.5 Å². The molecule has 2 aromatic rings. The number of alkyl halides is 3. The van der Waals surface area contributed by atoms with Gasteiger partial charge in [-0.1, -0.05) is 6.07 Å². The summed E-state index contributed by atoms with van der Waals surface area (Å²) < 4.78 is 46.3. The van der Waals surface area contributed by atoms with Crippen LogP contribution in [0, 0.1) is 0 Å². The Morgan fingerprint density at radius 1 is 1.27 bits per heavy atom. The van der Waals surface area contributed by atoms with E-state index in [0.717, 1.165) is 11.9 Å². The number of hydrogen-bond acceptors (Lipinski definition) is 6. The van der Waals surface area contributed by atoms with Gasteiger partial charge in [-0.05, 0) is 29.7 Å². The zero-order chi connectivity index (χ0) is 18.9. The number of nitrogens with zero attached hydrogens (tertiary/aromatic N) is 3. The van der Waals surface area contributed by atoms with Crippen LogP contribution in [0.15, 0.2) is 24.5 Å². The van der Waals surface area contributed by atoms with Crippen LogP contribution in [0.5, 0.6) is 11.5 Å². The molecule has 0 radical (unpaired) electrons. The molecule has 0 amide bonds. The molecule has 0 saturated carbocycles. The molecule has 0 aliphatic carbocycles. The van der Waals surface area contributed by atoms with Crippen molar-refractivity contribution >= 4 is 11.8 Å². The van der Waals surface area contributed by atoms with Crippen molar-refractivity contribution in [2.24, 2.45) is 0 Å². The monoisotopic (exact) mass is 369 g/mol. The number of carbonyl (C=O) groups is 1. The number of ether oxygens (including phenoxy) is 2. The number of methoxy groups -OCH3 is 1. The molecule has 0 spiro atoms. The van der Waals surface area contributed by atoms with Crippen LogP contribution in [-0.2, 0) is 13.0 Å². The summed E-state index contributed by atoms with van der Waals surface area (Å²) >= 11 is 0. The normalized spacial score (nSPS) is 13.9. The van der Waals surface area contributed by atoms with Gasteiger partial charge in [0.05, 0.1) is 7.11 Å². The largest absolute Gasteiger partial charge is 0.573 e. The fourth-order valence-electron chi connectivity index (χ4n) is 2.84. The average Bonchev–Trinajstić information content (AvgIpc) is 2.58. The Morgan fingerprint density at radius 3 is 2.69 bits per heavy atom. The fraction of sp³-hybridized carbons (Fsp3) is 0.312. The van der Waals surface area contributed by atoms with Crippen LogP contribution in [0.2, 0.25) is 0 Å². The predicted octanol–water partition coefficient (Wildman–Crippen LogP) is 2.64. The molecule has 1 aliphatic rings. The fourth-order valence-corrected chi connectivity index (χ4v) is 2.84. The lowest BCUT2D eigenvalue weighted by atomic mass is 9.99. The van der Waals surface area contributed by atoms with Gasteiger partial charge in [-0.3, -0.25) is 0 Å². The van der Waals surface area contributed by atoms with Gasteiger partial charge in [0.1, 0.15) is 12.1 Å². The van der Waals surface area contributed by atoms with Gasteiger partial charge in [0.25, 0.3) is 0 Å². The number of carboxylic acid groups (broad SMARTS) is 1. The first-order valence-electron chi connectivity index (χ1n) is 7.53. The topological polar surface area (TPSA) is 84.8 Å². The number of benzene rings is 1. The van der Waals surface area contributed by atoms with Crippen molar-refractivity contribution in [3.8, 4) is 11.5 Å². The lowest BCUT2D eigenvalue weighted by Gasteiger charge is -2.31. The van der Waals surface area contributed by atoms with Crippen molar-refractivity contribution in [1.29, 1.82) is 0 Å². The predicted molar refractivity (Wildman–Crippen MR) is 83.4 cm³/mol. The molecule has 0 bridgehead atoms. The van der Waals surface area contributed by atoms with Crippen LogP contribution in [0.3, 0.4) is 0 Å². The van der Waals surface area contributed by atoms with Crippen molar-refractivity contribution in [2.45, 2.75) is 19.3 Å². The third-order valence-corrected chi connectivity index (χ3v) is 3.91. The van der Waals surface area contributed by atoms with E-state index in [2.05, 4.69) is 14.7 Å². The third-order valence-electron chi connectivity index (χ3n) is 3.91. The molecule has 0 saturated heterocycles. The van der Waals surface area contributed by atoms with Crippen molar-refractivity contribution in [3.63, 3.8) is 0 Å². The number of aromatic carboxylic acids is 1. The summed E-state index contributed by atoms with van der Waals surface area (Å²) in [5.41, 5.74) is 1.25. The van der Waals surface area contributed by atoms with Crippen LogP contribution in [0.25, 0.3) is 0 Å². The number of halogens is 3. The standard InChI is InChI=1S/C16H14F3N3O4/c1-25-13-12(15(23)24)20-8-21-14(13)22-5-4-9-2-3-11(6-10(9)7-22)26-16(17,18)19/h2-3,6,8H,4-5,7H2,1H3,(H,23,24). The second-order valence-corrected chi connectivity index (χ2v) is 5.53. The molecule has 138 valence electrons. The zero-order valence-electron chi connectivity index (χ0n) is 13.6. The summed E-state index contributed by atoms with van der Waals surface area (Å²) in [6, 6.07) is 4.18. The minimum Gasteiger partial charge on any atom is -0.491 e. The van der Waals surface area contributed by atoms with Gasteiger partial charge in [-0.15, -0.1) is 13.2 Å². The summed E-state index contributed by atoms with van der Waals surface area (Å²) in [6.07, 6.45) is -3.11. The van der Waals surface area contributed by atoms with E-state index in [-0.39, 0.29) is 29.6 Å². The van der Waals surface area contributed by atoms with Gasteiger partial charge in [0.2, 0.25) is 0 Å². The highest BCUT2D eigenvalue weighted by Crippen LogP contribution is 2.33. The summed E-state index contributed by atoms with van der Waals surface area (Å²) in [4.78, 5) is 20.8. The minimum absolute atomic E-state index is 0.00569. The van der Waals surface area contributed by atoms with Crippen LogP contribution in [0.1, 0.15) is 21.6 Å². The second kappa shape index (κ2) is 6.70. The third kappa shape index (κ3) is 3.63. The maximum atomic E-state index is 12.4. The van der Waals surface area contributed by atoms with Crippen molar-refractivity contribution in [3.05, 3.63) is 41.3 Å². The lowest BCUT2D eigenvalue weighted by molar-refractivity contribution is -0.274. The number of hydrogen-bond donors (Lipinski definition) is 1. The molecule has 2 heterocycles. The van der Waals surface area contributed by atoms with E-state index in [1.54, 1.807) is 11.0 Å².